The number of H-pyrrole nitrogens is 1. The van der Waals surface area contributed by atoms with Crippen molar-refractivity contribution >= 4 is 27.0 Å². The third kappa shape index (κ3) is 3.40. The van der Waals surface area contributed by atoms with E-state index in [0.717, 1.165) is 53.6 Å². The molecule has 1 N–H and O–H groups in total. The van der Waals surface area contributed by atoms with Crippen molar-refractivity contribution in [3.8, 4) is 0 Å². The summed E-state index contributed by atoms with van der Waals surface area (Å²) in [5, 5.41) is 0. The van der Waals surface area contributed by atoms with Crippen molar-refractivity contribution in [3.63, 3.8) is 0 Å². The lowest BCUT2D eigenvalue weighted by Crippen LogP contribution is -2.29. The number of aromatic nitrogens is 2. The molecule has 0 atom stereocenters. The van der Waals surface area contributed by atoms with Crippen LogP contribution >= 0.6 is 15.9 Å². The number of imidazole rings is 1. The van der Waals surface area contributed by atoms with Crippen LogP contribution in [0.5, 0.6) is 0 Å². The molecule has 0 amide bonds. The molecule has 1 aliphatic heterocycles. The molecule has 4 nitrogen and oxygen atoms in total. The number of ether oxygens (including phenoxy) is 1. The number of nitrogens with one attached hydrogen (secondary N) is 1. The number of rotatable bonds is 4. The molecule has 0 spiro atoms. The first kappa shape index (κ1) is 14.0. The molecule has 0 saturated carbocycles. The largest absolute Gasteiger partial charge is 0.381 e. The van der Waals surface area contributed by atoms with Crippen molar-refractivity contribution in [1.29, 1.82) is 0 Å². The van der Waals surface area contributed by atoms with Crippen molar-refractivity contribution in [2.75, 3.05) is 26.8 Å². The van der Waals surface area contributed by atoms with Crippen LogP contribution < -0.4 is 0 Å². The van der Waals surface area contributed by atoms with Crippen LogP contribution in [0.25, 0.3) is 11.0 Å². The molecule has 2 heterocycles. The van der Waals surface area contributed by atoms with E-state index >= 15 is 0 Å². The molecule has 2 aromatic rings. The Morgan fingerprint density at radius 1 is 1.40 bits per heavy atom. The molecule has 0 bridgehead atoms. The van der Waals surface area contributed by atoms with E-state index in [9.17, 15) is 0 Å². The van der Waals surface area contributed by atoms with Gasteiger partial charge in [0.1, 0.15) is 5.82 Å². The summed E-state index contributed by atoms with van der Waals surface area (Å²) >= 11 is 3.49. The smallest absolute Gasteiger partial charge is 0.121 e. The Bertz CT molecular complexity index is 578. The Labute approximate surface area is 127 Å². The van der Waals surface area contributed by atoms with Gasteiger partial charge < -0.3 is 9.72 Å². The molecule has 20 heavy (non-hydrogen) atoms. The monoisotopic (exact) mass is 337 g/mol. The van der Waals surface area contributed by atoms with Crippen LogP contribution in [0.2, 0.25) is 0 Å². The summed E-state index contributed by atoms with van der Waals surface area (Å²) in [5.74, 6) is 1.79. The molecule has 0 radical (unpaired) electrons. The van der Waals surface area contributed by atoms with Gasteiger partial charge in [0.2, 0.25) is 0 Å². The average Bonchev–Trinajstić information content (AvgIpc) is 2.80. The van der Waals surface area contributed by atoms with Gasteiger partial charge in [0.25, 0.3) is 0 Å². The highest BCUT2D eigenvalue weighted by Gasteiger charge is 2.16. The minimum absolute atomic E-state index is 0.757. The minimum Gasteiger partial charge on any atom is -0.381 e. The lowest BCUT2D eigenvalue weighted by molar-refractivity contribution is 0.0547. The average molecular weight is 338 g/mol. The maximum Gasteiger partial charge on any atom is 0.121 e. The highest BCUT2D eigenvalue weighted by atomic mass is 79.9. The number of benzene rings is 1. The highest BCUT2D eigenvalue weighted by molar-refractivity contribution is 9.10. The lowest BCUT2D eigenvalue weighted by atomic mass is 10.00. The highest BCUT2D eigenvalue weighted by Crippen LogP contribution is 2.19. The van der Waals surface area contributed by atoms with Crippen LogP contribution in [0, 0.1) is 5.92 Å². The number of hydrogen-bond acceptors (Lipinski definition) is 3. The van der Waals surface area contributed by atoms with Crippen molar-refractivity contribution in [1.82, 2.24) is 14.9 Å². The van der Waals surface area contributed by atoms with E-state index in [4.69, 9.17) is 4.74 Å². The fourth-order valence-electron chi connectivity index (χ4n) is 2.80. The van der Waals surface area contributed by atoms with Gasteiger partial charge in [-0.25, -0.2) is 4.98 Å². The molecule has 1 fully saturated rings. The molecule has 108 valence electrons. The van der Waals surface area contributed by atoms with Gasteiger partial charge in [-0.3, -0.25) is 4.90 Å². The first-order valence-electron chi connectivity index (χ1n) is 7.11. The minimum atomic E-state index is 0.757. The molecule has 1 aromatic carbocycles. The Morgan fingerprint density at radius 2 is 2.20 bits per heavy atom. The van der Waals surface area contributed by atoms with Crippen LogP contribution in [0.3, 0.4) is 0 Å². The van der Waals surface area contributed by atoms with Crippen molar-refractivity contribution in [2.45, 2.75) is 19.4 Å². The molecular formula is C15H20BrN3O. The topological polar surface area (TPSA) is 41.2 Å². The zero-order valence-electron chi connectivity index (χ0n) is 11.7. The number of nitrogens with zero attached hydrogens (tertiary/aromatic N) is 2. The van der Waals surface area contributed by atoms with Gasteiger partial charge in [-0.2, -0.15) is 0 Å². The standard InChI is InChI=1S/C15H20BrN3O/c1-19(9-11-4-6-20-7-5-11)10-15-17-13-3-2-12(16)8-14(13)18-15/h2-3,8,11H,4-7,9-10H2,1H3,(H,17,18). The Morgan fingerprint density at radius 3 is 3.00 bits per heavy atom. The van der Waals surface area contributed by atoms with E-state index in [1.807, 2.05) is 12.1 Å². The summed E-state index contributed by atoms with van der Waals surface area (Å²) in [6.45, 7) is 3.81. The SMILES string of the molecule is CN(Cc1nc2ccc(Br)cc2[nH]1)CC1CCOCC1. The second-order valence-corrected chi connectivity index (χ2v) is 6.51. The van der Waals surface area contributed by atoms with Crippen molar-refractivity contribution in [2.24, 2.45) is 5.92 Å². The van der Waals surface area contributed by atoms with Crippen LogP contribution in [-0.4, -0.2) is 41.7 Å². The fourth-order valence-corrected chi connectivity index (χ4v) is 3.16. The maximum absolute atomic E-state index is 5.41. The van der Waals surface area contributed by atoms with Crippen LogP contribution in [0.1, 0.15) is 18.7 Å². The lowest BCUT2D eigenvalue weighted by Gasteiger charge is -2.26. The summed E-state index contributed by atoms with van der Waals surface area (Å²) < 4.78 is 6.49. The van der Waals surface area contributed by atoms with Gasteiger partial charge in [0.15, 0.2) is 0 Å². The first-order chi connectivity index (χ1) is 9.70. The second kappa shape index (κ2) is 6.24. The van der Waals surface area contributed by atoms with Gasteiger partial charge in [-0.15, -0.1) is 0 Å². The fraction of sp³-hybridized carbons (Fsp3) is 0.533. The molecule has 1 saturated heterocycles. The molecular weight excluding hydrogens is 318 g/mol. The first-order valence-corrected chi connectivity index (χ1v) is 7.90. The summed E-state index contributed by atoms with van der Waals surface area (Å²) in [6, 6.07) is 6.14. The molecule has 0 aliphatic carbocycles. The van der Waals surface area contributed by atoms with Crippen LogP contribution in [0.4, 0.5) is 0 Å². The van der Waals surface area contributed by atoms with Crippen LogP contribution in [-0.2, 0) is 11.3 Å². The van der Waals surface area contributed by atoms with Gasteiger partial charge >= 0.3 is 0 Å². The quantitative estimate of drug-likeness (QED) is 0.931. The Kier molecular flexibility index (Phi) is 4.38. The summed E-state index contributed by atoms with van der Waals surface area (Å²) in [4.78, 5) is 10.4. The van der Waals surface area contributed by atoms with E-state index in [0.29, 0.717) is 0 Å². The predicted octanol–water partition coefficient (Wildman–Crippen LogP) is 3.18. The van der Waals surface area contributed by atoms with E-state index in [1.165, 1.54) is 12.8 Å². The van der Waals surface area contributed by atoms with Gasteiger partial charge in [-0.05, 0) is 44.0 Å². The number of hydrogen-bond donors (Lipinski definition) is 1. The molecule has 1 aliphatic rings. The predicted molar refractivity (Wildman–Crippen MR) is 83.7 cm³/mol. The third-order valence-electron chi connectivity index (χ3n) is 3.82. The third-order valence-corrected chi connectivity index (χ3v) is 4.32. The zero-order valence-corrected chi connectivity index (χ0v) is 13.3. The van der Waals surface area contributed by atoms with E-state index in [1.54, 1.807) is 0 Å². The van der Waals surface area contributed by atoms with E-state index in [2.05, 4.69) is 43.9 Å². The van der Waals surface area contributed by atoms with Crippen molar-refractivity contribution in [3.05, 3.63) is 28.5 Å². The van der Waals surface area contributed by atoms with Gasteiger partial charge in [-0.1, -0.05) is 15.9 Å². The number of halogens is 1. The summed E-state index contributed by atoms with van der Waals surface area (Å²) in [5.41, 5.74) is 2.12. The summed E-state index contributed by atoms with van der Waals surface area (Å²) in [6.07, 6.45) is 2.36. The number of fused-ring (bicyclic) bond motifs is 1. The Hall–Kier alpha value is -0.910. The Balaban J connectivity index is 1.63. The van der Waals surface area contributed by atoms with Gasteiger partial charge in [0, 0.05) is 24.2 Å². The normalized spacial score (nSPS) is 17.1. The van der Waals surface area contributed by atoms with E-state index in [-0.39, 0.29) is 0 Å². The second-order valence-electron chi connectivity index (χ2n) is 5.60. The van der Waals surface area contributed by atoms with Gasteiger partial charge in [0.05, 0.1) is 17.6 Å². The summed E-state index contributed by atoms with van der Waals surface area (Å²) in [7, 11) is 2.17. The number of aromatic amines is 1. The zero-order chi connectivity index (χ0) is 13.9. The van der Waals surface area contributed by atoms with Crippen molar-refractivity contribution < 1.29 is 4.74 Å². The molecule has 0 unspecified atom stereocenters. The van der Waals surface area contributed by atoms with Crippen LogP contribution in [0.15, 0.2) is 22.7 Å². The molecule has 1 aromatic heterocycles. The molecule has 5 heteroatoms. The maximum atomic E-state index is 5.41. The molecule has 3 rings (SSSR count). The van der Waals surface area contributed by atoms with E-state index < -0.39 is 0 Å².